The number of H-pyrrole nitrogens is 1. The molecule has 0 saturated heterocycles. The van der Waals surface area contributed by atoms with Crippen LogP contribution in [0.15, 0.2) is 82.9 Å². The molecule has 0 spiro atoms. The zero-order valence-electron chi connectivity index (χ0n) is 23.6. The molecule has 1 aliphatic heterocycles. The summed E-state index contributed by atoms with van der Waals surface area (Å²) in [6, 6.07) is 16.6. The summed E-state index contributed by atoms with van der Waals surface area (Å²) in [4.78, 5) is 28.1. The minimum Gasteiger partial charge on any atom is -0.466 e. The third-order valence-corrected chi connectivity index (χ3v) is 7.57. The van der Waals surface area contributed by atoms with E-state index in [-0.39, 0.29) is 22.9 Å². The number of hydrogen-bond donors (Lipinski definition) is 1. The molecule has 1 aliphatic rings. The van der Waals surface area contributed by atoms with E-state index >= 15 is 0 Å². The fourth-order valence-corrected chi connectivity index (χ4v) is 5.53. The molecule has 5 rings (SSSR count). The Balaban J connectivity index is 1.71. The van der Waals surface area contributed by atoms with Crippen molar-refractivity contribution in [3.8, 4) is 6.07 Å². The van der Waals surface area contributed by atoms with Crippen LogP contribution in [0.3, 0.4) is 0 Å². The number of anilines is 2. The van der Waals surface area contributed by atoms with E-state index < -0.39 is 29.4 Å². The predicted octanol–water partition coefficient (Wildman–Crippen LogP) is 4.74. The summed E-state index contributed by atoms with van der Waals surface area (Å²) in [5.41, 5.74) is 1.54. The van der Waals surface area contributed by atoms with Gasteiger partial charge >= 0.3 is 17.8 Å². The number of benzene rings is 2. The smallest absolute Gasteiger partial charge is 0.416 e. The van der Waals surface area contributed by atoms with Gasteiger partial charge in [0.1, 0.15) is 6.04 Å². The van der Waals surface area contributed by atoms with Crippen LogP contribution in [0, 0.1) is 11.3 Å². The Hall–Kier alpha value is -5.18. The van der Waals surface area contributed by atoms with E-state index in [1.807, 2.05) is 24.4 Å². The van der Waals surface area contributed by atoms with Gasteiger partial charge in [0.2, 0.25) is 5.95 Å². The van der Waals surface area contributed by atoms with Crippen LogP contribution < -0.4 is 15.2 Å². The minimum atomic E-state index is -4.62. The Labute approximate surface area is 245 Å². The summed E-state index contributed by atoms with van der Waals surface area (Å²) < 4.78 is 49.3. The highest BCUT2D eigenvalue weighted by atomic mass is 19.4. The van der Waals surface area contributed by atoms with Crippen LogP contribution >= 0.6 is 0 Å². The monoisotopic (exact) mass is 589 g/mol. The molecular weight excluding hydrogens is 561 g/mol. The normalized spacial score (nSPS) is 14.8. The topological polar surface area (TPSA) is 108 Å². The SMILES string of the molecule is CCc1cccc[n+]1CCc1cc(C#N)ccc1[C@@H]1C(C(=O)OC)=C(C)N(c2cccc(C(F)(F)F)c2)c2n[nH]c(=O)n21. The zero-order chi connectivity index (χ0) is 30.9. The van der Waals surface area contributed by atoms with Crippen molar-refractivity contribution < 1.29 is 27.3 Å². The maximum absolute atomic E-state index is 13.6. The fraction of sp³-hybridized carbons (Fsp3) is 0.258. The van der Waals surface area contributed by atoms with Crippen molar-refractivity contribution in [3.63, 3.8) is 0 Å². The molecule has 0 unspecified atom stereocenters. The van der Waals surface area contributed by atoms with E-state index in [9.17, 15) is 28.0 Å². The molecule has 2 aromatic carbocycles. The molecule has 43 heavy (non-hydrogen) atoms. The first-order valence-electron chi connectivity index (χ1n) is 13.5. The molecule has 12 heteroatoms. The molecule has 3 heterocycles. The van der Waals surface area contributed by atoms with Gasteiger partial charge < -0.3 is 4.74 Å². The minimum absolute atomic E-state index is 0.000455. The number of hydrogen-bond acceptors (Lipinski definition) is 6. The summed E-state index contributed by atoms with van der Waals surface area (Å²) in [6.07, 6.45) is -1.39. The molecule has 1 atom stereocenters. The quantitative estimate of drug-likeness (QED) is 0.247. The molecule has 9 nitrogen and oxygen atoms in total. The number of nitrogens with zero attached hydrogens (tertiary/aromatic N) is 5. The molecule has 0 fully saturated rings. The second-order valence-corrected chi connectivity index (χ2v) is 9.99. The van der Waals surface area contributed by atoms with Gasteiger partial charge in [-0.05, 0) is 48.4 Å². The van der Waals surface area contributed by atoms with E-state index in [2.05, 4.69) is 27.8 Å². The van der Waals surface area contributed by atoms with Crippen LogP contribution in [0.4, 0.5) is 24.8 Å². The number of pyridine rings is 1. The maximum Gasteiger partial charge on any atom is 0.416 e. The number of ether oxygens (including phenoxy) is 1. The molecule has 0 radical (unpaired) electrons. The molecule has 0 amide bonds. The molecule has 0 saturated carbocycles. The van der Waals surface area contributed by atoms with E-state index in [1.165, 1.54) is 28.7 Å². The van der Waals surface area contributed by atoms with Crippen LogP contribution in [0.25, 0.3) is 0 Å². The lowest BCUT2D eigenvalue weighted by molar-refractivity contribution is -0.703. The lowest BCUT2D eigenvalue weighted by Crippen LogP contribution is -2.40. The van der Waals surface area contributed by atoms with Crippen LogP contribution in [0.2, 0.25) is 0 Å². The van der Waals surface area contributed by atoms with E-state index in [0.29, 0.717) is 29.7 Å². The van der Waals surface area contributed by atoms with Crippen LogP contribution in [0.5, 0.6) is 0 Å². The van der Waals surface area contributed by atoms with Gasteiger partial charge in [-0.2, -0.15) is 18.4 Å². The first-order chi connectivity index (χ1) is 20.6. The molecular formula is C31H28F3N6O3+. The van der Waals surface area contributed by atoms with Gasteiger partial charge in [-0.3, -0.25) is 4.90 Å². The largest absolute Gasteiger partial charge is 0.466 e. The van der Waals surface area contributed by atoms with Crippen molar-refractivity contribution in [3.05, 3.63) is 117 Å². The highest BCUT2D eigenvalue weighted by Crippen LogP contribution is 2.43. The molecule has 1 N–H and O–H groups in total. The van der Waals surface area contributed by atoms with Crippen molar-refractivity contribution >= 4 is 17.6 Å². The van der Waals surface area contributed by atoms with E-state index in [0.717, 1.165) is 24.2 Å². The number of esters is 1. The number of aryl methyl sites for hydroxylation is 3. The summed E-state index contributed by atoms with van der Waals surface area (Å²) in [5.74, 6) is -0.764. The van der Waals surface area contributed by atoms with E-state index in [4.69, 9.17) is 4.74 Å². The summed E-state index contributed by atoms with van der Waals surface area (Å²) in [5, 5.41) is 16.2. The highest BCUT2D eigenvalue weighted by molar-refractivity contribution is 5.93. The first kappa shape index (κ1) is 29.3. The fourth-order valence-electron chi connectivity index (χ4n) is 5.53. The van der Waals surface area contributed by atoms with Crippen LogP contribution in [-0.4, -0.2) is 27.8 Å². The molecule has 0 bridgehead atoms. The number of halogens is 3. The first-order valence-corrected chi connectivity index (χ1v) is 13.5. The Morgan fingerprint density at radius 1 is 1.16 bits per heavy atom. The lowest BCUT2D eigenvalue weighted by Gasteiger charge is -2.36. The average Bonchev–Trinajstić information content (AvgIpc) is 3.39. The molecule has 4 aromatic rings. The number of nitrogens with one attached hydrogen (secondary N) is 1. The Bertz CT molecular complexity index is 1830. The average molecular weight is 590 g/mol. The van der Waals surface area contributed by atoms with Crippen molar-refractivity contribution in [2.75, 3.05) is 12.0 Å². The molecule has 2 aromatic heterocycles. The van der Waals surface area contributed by atoms with Gasteiger partial charge in [-0.1, -0.05) is 25.1 Å². The Morgan fingerprint density at radius 3 is 2.65 bits per heavy atom. The summed E-state index contributed by atoms with van der Waals surface area (Å²) in [7, 11) is 1.19. The van der Waals surface area contributed by atoms with Gasteiger partial charge in [-0.15, -0.1) is 5.10 Å². The second-order valence-electron chi connectivity index (χ2n) is 9.99. The van der Waals surface area contributed by atoms with Crippen LogP contribution in [-0.2, 0) is 35.1 Å². The second kappa shape index (κ2) is 11.6. The third kappa shape index (κ3) is 5.41. The highest BCUT2D eigenvalue weighted by Gasteiger charge is 2.41. The van der Waals surface area contributed by atoms with Crippen LogP contribution in [0.1, 0.15) is 47.8 Å². The zero-order valence-corrected chi connectivity index (χ0v) is 23.6. The number of methoxy groups -OCH3 is 1. The van der Waals surface area contributed by atoms with Crippen molar-refractivity contribution in [2.24, 2.45) is 0 Å². The van der Waals surface area contributed by atoms with Gasteiger partial charge in [0, 0.05) is 36.4 Å². The maximum atomic E-state index is 13.6. The summed E-state index contributed by atoms with van der Waals surface area (Å²) in [6.45, 7) is 4.17. The number of carbonyl (C=O) groups is 1. The van der Waals surface area contributed by atoms with Crippen molar-refractivity contribution in [2.45, 2.75) is 45.5 Å². The predicted molar refractivity (Wildman–Crippen MR) is 150 cm³/mol. The third-order valence-electron chi connectivity index (χ3n) is 7.57. The van der Waals surface area contributed by atoms with Gasteiger partial charge in [0.15, 0.2) is 18.4 Å². The van der Waals surface area contributed by atoms with Gasteiger partial charge in [0.25, 0.3) is 0 Å². The number of alkyl halides is 3. The number of nitriles is 1. The Morgan fingerprint density at radius 2 is 1.95 bits per heavy atom. The molecule has 0 aliphatic carbocycles. The standard InChI is InChI=1S/C31H27F3N6O3/c1-4-23-9-5-6-14-38(23)15-13-21-16-20(18-35)11-12-25(21)27-26(28(41)43-3)19(2)39(29-36-37-30(42)40(27)29)24-10-7-8-22(17-24)31(32,33)34/h5-12,14,16-17,27H,4,13,15H2,1-3H3/p+1/t27-/m1/s1. The van der Waals surface area contributed by atoms with Crippen molar-refractivity contribution in [1.29, 1.82) is 5.26 Å². The summed E-state index contributed by atoms with van der Waals surface area (Å²) >= 11 is 0. The lowest BCUT2D eigenvalue weighted by atomic mass is 9.89. The number of rotatable bonds is 7. The van der Waals surface area contributed by atoms with Crippen molar-refractivity contribution in [1.82, 2.24) is 14.8 Å². The molecule has 220 valence electrons. The van der Waals surface area contributed by atoms with Gasteiger partial charge in [0.05, 0.1) is 29.9 Å². The number of aromatic nitrogens is 4. The number of fused-ring (bicyclic) bond motifs is 1. The van der Waals surface area contributed by atoms with Gasteiger partial charge in [-0.25, -0.2) is 23.8 Å². The number of allylic oxidation sites excluding steroid dienone is 1. The number of carbonyl (C=O) groups excluding carboxylic acids is 1. The number of aromatic amines is 1. The van der Waals surface area contributed by atoms with E-state index in [1.54, 1.807) is 25.1 Å². The Kier molecular flexibility index (Phi) is 7.91.